The van der Waals surface area contributed by atoms with Gasteiger partial charge < -0.3 is 5.73 Å². The van der Waals surface area contributed by atoms with Gasteiger partial charge in [-0.2, -0.15) is 0 Å². The van der Waals surface area contributed by atoms with Crippen LogP contribution >= 0.6 is 11.6 Å². The van der Waals surface area contributed by atoms with Gasteiger partial charge in [-0.15, -0.1) is 0 Å². The van der Waals surface area contributed by atoms with E-state index < -0.39 is 0 Å². The van der Waals surface area contributed by atoms with E-state index in [4.69, 9.17) is 17.3 Å². The number of aliphatic imine (C=N–C) groups is 3. The molecule has 6 nitrogen and oxygen atoms in total. The number of halogens is 1. The topological polar surface area (TPSA) is 88.0 Å². The van der Waals surface area contributed by atoms with Gasteiger partial charge in [-0.05, 0) is 38.1 Å². The number of nitrogens with two attached hydrogens (primary N) is 1. The minimum absolute atomic E-state index is 0.0725. The van der Waals surface area contributed by atoms with Crippen LogP contribution in [0.3, 0.4) is 0 Å². The summed E-state index contributed by atoms with van der Waals surface area (Å²) in [4.78, 5) is 16.0. The van der Waals surface area contributed by atoms with E-state index in [9.17, 15) is 0 Å². The summed E-state index contributed by atoms with van der Waals surface area (Å²) in [5.41, 5.74) is 6.67. The van der Waals surface area contributed by atoms with Gasteiger partial charge in [0.15, 0.2) is 5.96 Å². The molecule has 0 aliphatic rings. The van der Waals surface area contributed by atoms with Crippen molar-refractivity contribution < 1.29 is 0 Å². The van der Waals surface area contributed by atoms with E-state index in [0.29, 0.717) is 11.1 Å². The molecule has 0 radical (unpaired) electrons. The lowest BCUT2D eigenvalue weighted by atomic mass is 10.1. The van der Waals surface area contributed by atoms with Crippen LogP contribution in [0.1, 0.15) is 18.9 Å². The summed E-state index contributed by atoms with van der Waals surface area (Å²) < 4.78 is 0. The number of hydrogen-bond acceptors (Lipinski definition) is 3. The smallest absolute Gasteiger partial charge is 0.224 e. The molecule has 0 spiro atoms. The Bertz CT molecular complexity index is 494. The Morgan fingerprint density at radius 2 is 2.30 bits per heavy atom. The lowest BCUT2D eigenvalue weighted by Gasteiger charge is -2.09. The zero-order valence-electron chi connectivity index (χ0n) is 11.7. The lowest BCUT2D eigenvalue weighted by Crippen LogP contribution is -2.36. The summed E-state index contributed by atoms with van der Waals surface area (Å²) >= 11 is 5.74. The van der Waals surface area contributed by atoms with Crippen LogP contribution in [0.25, 0.3) is 0 Å². The minimum Gasteiger partial charge on any atom is -0.370 e. The van der Waals surface area contributed by atoms with Crippen molar-refractivity contribution in [3.05, 3.63) is 29.0 Å². The standard InChI is InChI=1S/C13H19ClN6/c1-9(19-13(17-3)20-12(15)16-2)4-5-10-6-7-11(14)18-8-10/h6-9H,3-5H2,1-2H3,(H3,15,16,19,20). The molecule has 0 aromatic carbocycles. The molecule has 0 aliphatic heterocycles. The minimum atomic E-state index is 0.0725. The summed E-state index contributed by atoms with van der Waals surface area (Å²) in [7, 11) is 1.58. The molecule has 1 rings (SSSR count). The second-order valence-electron chi connectivity index (χ2n) is 4.22. The molecule has 1 unspecified atom stereocenters. The Morgan fingerprint density at radius 3 is 2.85 bits per heavy atom. The molecule has 0 fully saturated rings. The molecule has 0 bridgehead atoms. The maximum atomic E-state index is 5.74. The summed E-state index contributed by atoms with van der Waals surface area (Å²) in [5, 5.41) is 3.27. The molecule has 1 atom stereocenters. The molecule has 7 heteroatoms. The molecule has 0 saturated carbocycles. The molecule has 1 heterocycles. The lowest BCUT2D eigenvalue weighted by molar-refractivity contribution is 0.664. The van der Waals surface area contributed by atoms with Crippen LogP contribution in [0, 0.1) is 0 Å². The largest absolute Gasteiger partial charge is 0.370 e. The van der Waals surface area contributed by atoms with Crippen molar-refractivity contribution in [1.29, 1.82) is 0 Å². The quantitative estimate of drug-likeness (QED) is 0.503. The third kappa shape index (κ3) is 5.79. The molecule has 0 saturated heterocycles. The van der Waals surface area contributed by atoms with E-state index in [1.165, 1.54) is 0 Å². The first-order valence-electron chi connectivity index (χ1n) is 6.19. The Kier molecular flexibility index (Phi) is 6.66. The van der Waals surface area contributed by atoms with Crippen LogP contribution in [-0.4, -0.2) is 36.7 Å². The number of rotatable bonds is 4. The van der Waals surface area contributed by atoms with Crippen LogP contribution in [0.2, 0.25) is 5.15 Å². The molecule has 1 aromatic heterocycles. The highest BCUT2D eigenvalue weighted by atomic mass is 35.5. The van der Waals surface area contributed by atoms with Crippen LogP contribution in [0.15, 0.2) is 33.3 Å². The molecular weight excluding hydrogens is 276 g/mol. The Labute approximate surface area is 123 Å². The van der Waals surface area contributed by atoms with Gasteiger partial charge in [0.2, 0.25) is 5.96 Å². The number of nitrogens with zero attached hydrogens (tertiary/aromatic N) is 4. The summed E-state index contributed by atoms with van der Waals surface area (Å²) in [6.45, 7) is 5.45. The summed E-state index contributed by atoms with van der Waals surface area (Å²) in [6.07, 6.45) is 3.48. The first-order chi connectivity index (χ1) is 9.55. The van der Waals surface area contributed by atoms with E-state index in [1.807, 2.05) is 13.0 Å². The molecule has 0 aliphatic carbocycles. The maximum Gasteiger partial charge on any atom is 0.224 e. The first-order valence-corrected chi connectivity index (χ1v) is 6.57. The van der Waals surface area contributed by atoms with Crippen LogP contribution in [0.5, 0.6) is 0 Å². The van der Waals surface area contributed by atoms with Crippen LogP contribution in [-0.2, 0) is 6.42 Å². The first kappa shape index (κ1) is 16.1. The van der Waals surface area contributed by atoms with E-state index in [1.54, 1.807) is 19.3 Å². The monoisotopic (exact) mass is 294 g/mol. The molecule has 0 amide bonds. The van der Waals surface area contributed by atoms with E-state index in [0.717, 1.165) is 18.4 Å². The molecule has 108 valence electrons. The van der Waals surface area contributed by atoms with Gasteiger partial charge in [-0.1, -0.05) is 17.7 Å². The Morgan fingerprint density at radius 1 is 1.55 bits per heavy atom. The van der Waals surface area contributed by atoms with Gasteiger partial charge in [-0.3, -0.25) is 10.3 Å². The number of guanidine groups is 2. The molecule has 20 heavy (non-hydrogen) atoms. The predicted octanol–water partition coefficient (Wildman–Crippen LogP) is 1.65. The summed E-state index contributed by atoms with van der Waals surface area (Å²) in [6, 6.07) is 3.81. The zero-order valence-corrected chi connectivity index (χ0v) is 12.4. The number of pyridine rings is 1. The second-order valence-corrected chi connectivity index (χ2v) is 4.61. The molecule has 3 N–H and O–H groups in total. The molecule has 1 aromatic rings. The summed E-state index contributed by atoms with van der Waals surface area (Å²) in [5.74, 6) is 0.625. The SMILES string of the molecule is C=NC(=NC(C)CCc1ccc(Cl)nc1)NC(N)=NC. The van der Waals surface area contributed by atoms with Crippen LogP contribution in [0.4, 0.5) is 0 Å². The van der Waals surface area contributed by atoms with Gasteiger partial charge in [0.05, 0.1) is 6.04 Å². The van der Waals surface area contributed by atoms with E-state index in [2.05, 4.69) is 32.0 Å². The third-order valence-electron chi connectivity index (χ3n) is 2.61. The number of aryl methyl sites for hydroxylation is 1. The maximum absolute atomic E-state index is 5.74. The predicted molar refractivity (Wildman–Crippen MR) is 84.7 cm³/mol. The fourth-order valence-corrected chi connectivity index (χ4v) is 1.60. The van der Waals surface area contributed by atoms with Crippen LogP contribution < -0.4 is 11.1 Å². The fourth-order valence-electron chi connectivity index (χ4n) is 1.49. The van der Waals surface area contributed by atoms with Crippen molar-refractivity contribution in [2.45, 2.75) is 25.8 Å². The highest BCUT2D eigenvalue weighted by Gasteiger charge is 2.04. The number of hydrogen-bond donors (Lipinski definition) is 2. The van der Waals surface area contributed by atoms with Gasteiger partial charge in [0.25, 0.3) is 0 Å². The highest BCUT2D eigenvalue weighted by Crippen LogP contribution is 2.09. The molecular formula is C13H19ClN6. The van der Waals surface area contributed by atoms with Crippen molar-refractivity contribution in [3.8, 4) is 0 Å². The average molecular weight is 295 g/mol. The van der Waals surface area contributed by atoms with E-state index in [-0.39, 0.29) is 12.0 Å². The second kappa shape index (κ2) is 8.27. The highest BCUT2D eigenvalue weighted by molar-refractivity contribution is 6.29. The van der Waals surface area contributed by atoms with Crippen molar-refractivity contribution >= 4 is 30.2 Å². The van der Waals surface area contributed by atoms with Gasteiger partial charge in [0, 0.05) is 13.2 Å². The van der Waals surface area contributed by atoms with Crippen molar-refractivity contribution in [3.63, 3.8) is 0 Å². The fraction of sp³-hybridized carbons (Fsp3) is 0.385. The van der Waals surface area contributed by atoms with Crippen molar-refractivity contribution in [2.24, 2.45) is 20.7 Å². The average Bonchev–Trinajstić information content (AvgIpc) is 2.45. The Balaban J connectivity index is 2.54. The van der Waals surface area contributed by atoms with Gasteiger partial charge >= 0.3 is 0 Å². The van der Waals surface area contributed by atoms with Gasteiger partial charge in [-0.25, -0.2) is 15.0 Å². The van der Waals surface area contributed by atoms with Gasteiger partial charge in [0.1, 0.15) is 5.15 Å². The Hall–Kier alpha value is -1.95. The normalized spacial score (nSPS) is 13.9. The van der Waals surface area contributed by atoms with E-state index >= 15 is 0 Å². The third-order valence-corrected chi connectivity index (χ3v) is 2.84. The van der Waals surface area contributed by atoms with Crippen molar-refractivity contribution in [1.82, 2.24) is 10.3 Å². The number of nitrogens with one attached hydrogen (secondary N) is 1. The zero-order chi connectivity index (χ0) is 15.0. The van der Waals surface area contributed by atoms with Crippen molar-refractivity contribution in [2.75, 3.05) is 7.05 Å². The number of aromatic nitrogens is 1.